The van der Waals surface area contributed by atoms with Gasteiger partial charge in [0.1, 0.15) is 11.7 Å². The summed E-state index contributed by atoms with van der Waals surface area (Å²) in [6.07, 6.45) is 1.83. The first-order chi connectivity index (χ1) is 8.95. The Hall–Kier alpha value is -0.950. The number of aryl methyl sites for hydroxylation is 1. The maximum Gasteiger partial charge on any atom is 0.327 e. The van der Waals surface area contributed by atoms with Crippen molar-refractivity contribution in [3.63, 3.8) is 0 Å². The molecular formula is C12H15BrN2O3S. The summed E-state index contributed by atoms with van der Waals surface area (Å²) < 4.78 is 2.64. The quantitative estimate of drug-likeness (QED) is 0.911. The number of carboxylic acid groups (broad SMARTS) is 1. The molecule has 1 aliphatic rings. The molecule has 19 heavy (non-hydrogen) atoms. The van der Waals surface area contributed by atoms with E-state index < -0.39 is 12.0 Å². The fourth-order valence-corrected chi connectivity index (χ4v) is 3.82. The number of carbonyl (C=O) groups is 2. The smallest absolute Gasteiger partial charge is 0.327 e. The Labute approximate surface area is 124 Å². The number of rotatable bonds is 3. The molecule has 1 aromatic rings. The fraction of sp³-hybridized carbons (Fsp3) is 0.500. The Balaban J connectivity index is 2.34. The molecule has 2 unspecified atom stereocenters. The minimum absolute atomic E-state index is 0.118. The van der Waals surface area contributed by atoms with Gasteiger partial charge in [0.15, 0.2) is 0 Å². The van der Waals surface area contributed by atoms with Gasteiger partial charge >= 0.3 is 5.97 Å². The summed E-state index contributed by atoms with van der Waals surface area (Å²) in [5.74, 6) is -0.729. The monoisotopic (exact) mass is 346 g/mol. The second-order valence-corrected chi connectivity index (χ2v) is 6.59. The van der Waals surface area contributed by atoms with Crippen LogP contribution < -0.4 is 0 Å². The van der Waals surface area contributed by atoms with Crippen LogP contribution in [0.1, 0.15) is 24.3 Å². The molecule has 0 radical (unpaired) electrons. The molecule has 1 amide bonds. The van der Waals surface area contributed by atoms with Gasteiger partial charge in [-0.15, -0.1) is 11.8 Å². The number of hydrogen-bond donors (Lipinski definition) is 1. The van der Waals surface area contributed by atoms with Crippen LogP contribution in [-0.4, -0.2) is 43.6 Å². The Morgan fingerprint density at radius 2 is 2.26 bits per heavy atom. The van der Waals surface area contributed by atoms with Crippen molar-refractivity contribution in [1.29, 1.82) is 0 Å². The maximum atomic E-state index is 12.6. The van der Waals surface area contributed by atoms with Gasteiger partial charge in [-0.3, -0.25) is 4.79 Å². The van der Waals surface area contributed by atoms with Crippen LogP contribution in [0.15, 0.2) is 16.7 Å². The van der Waals surface area contributed by atoms with E-state index in [1.165, 1.54) is 16.7 Å². The summed E-state index contributed by atoms with van der Waals surface area (Å²) in [6.45, 7) is 4.47. The standard InChI is InChI=1S/C12H15BrN2O3S/c1-3-14-5-8(13)4-9(14)11(16)15-7(2)19-6-10(15)12(17)18/h4-5,7,10H,3,6H2,1-2H3,(H,17,18). The van der Waals surface area contributed by atoms with E-state index in [1.807, 2.05) is 24.6 Å². The van der Waals surface area contributed by atoms with Gasteiger partial charge in [0.05, 0.1) is 5.37 Å². The molecular weight excluding hydrogens is 332 g/mol. The Kier molecular flexibility index (Phi) is 4.25. The third-order valence-electron chi connectivity index (χ3n) is 3.17. The highest BCUT2D eigenvalue weighted by atomic mass is 79.9. The van der Waals surface area contributed by atoms with E-state index in [4.69, 9.17) is 0 Å². The summed E-state index contributed by atoms with van der Waals surface area (Å²) in [6, 6.07) is 0.993. The number of thioether (sulfide) groups is 1. The molecule has 2 atom stereocenters. The molecule has 0 aromatic carbocycles. The van der Waals surface area contributed by atoms with Gasteiger partial charge < -0.3 is 14.6 Å². The summed E-state index contributed by atoms with van der Waals surface area (Å²) in [7, 11) is 0. The van der Waals surface area contributed by atoms with Crippen molar-refractivity contribution in [2.75, 3.05) is 5.75 Å². The van der Waals surface area contributed by atoms with E-state index in [0.29, 0.717) is 18.0 Å². The first-order valence-corrected chi connectivity index (χ1v) is 7.82. The molecule has 1 aliphatic heterocycles. The van der Waals surface area contributed by atoms with Crippen LogP contribution in [0.4, 0.5) is 0 Å². The molecule has 1 aromatic heterocycles. The van der Waals surface area contributed by atoms with Crippen molar-refractivity contribution in [3.8, 4) is 0 Å². The lowest BCUT2D eigenvalue weighted by molar-refractivity contribution is -0.141. The predicted molar refractivity (Wildman–Crippen MR) is 77.3 cm³/mol. The minimum atomic E-state index is -0.945. The Morgan fingerprint density at radius 3 is 2.84 bits per heavy atom. The second kappa shape index (κ2) is 5.58. The van der Waals surface area contributed by atoms with Gasteiger partial charge in [-0.25, -0.2) is 4.79 Å². The normalized spacial score (nSPS) is 22.8. The van der Waals surface area contributed by atoms with E-state index in [9.17, 15) is 14.7 Å². The van der Waals surface area contributed by atoms with E-state index in [1.54, 1.807) is 6.07 Å². The summed E-state index contributed by atoms with van der Waals surface area (Å²) >= 11 is 4.84. The molecule has 0 saturated carbocycles. The predicted octanol–water partition coefficient (Wildman–Crippen LogP) is 2.26. The van der Waals surface area contributed by atoms with Crippen molar-refractivity contribution in [3.05, 3.63) is 22.4 Å². The molecule has 1 fully saturated rings. The van der Waals surface area contributed by atoms with Crippen LogP contribution in [0, 0.1) is 0 Å². The lowest BCUT2D eigenvalue weighted by Crippen LogP contribution is -2.45. The van der Waals surface area contributed by atoms with Crippen molar-refractivity contribution in [1.82, 2.24) is 9.47 Å². The molecule has 0 spiro atoms. The van der Waals surface area contributed by atoms with Gasteiger partial charge in [0.25, 0.3) is 5.91 Å². The third-order valence-corrected chi connectivity index (χ3v) is 4.82. The molecule has 1 saturated heterocycles. The number of hydrogen-bond acceptors (Lipinski definition) is 3. The third kappa shape index (κ3) is 2.67. The number of amides is 1. The molecule has 7 heteroatoms. The number of nitrogens with zero attached hydrogens (tertiary/aromatic N) is 2. The average Bonchev–Trinajstić information content (AvgIpc) is 2.91. The van der Waals surface area contributed by atoms with E-state index in [-0.39, 0.29) is 11.3 Å². The minimum Gasteiger partial charge on any atom is -0.480 e. The molecule has 2 heterocycles. The zero-order valence-corrected chi connectivity index (χ0v) is 13.1. The Morgan fingerprint density at radius 1 is 1.58 bits per heavy atom. The van der Waals surface area contributed by atoms with Gasteiger partial charge in [-0.05, 0) is 35.8 Å². The summed E-state index contributed by atoms with van der Waals surface area (Å²) in [5.41, 5.74) is 0.523. The van der Waals surface area contributed by atoms with Crippen molar-refractivity contribution < 1.29 is 14.7 Å². The average molecular weight is 347 g/mol. The van der Waals surface area contributed by atoms with Crippen molar-refractivity contribution in [2.45, 2.75) is 31.8 Å². The van der Waals surface area contributed by atoms with E-state index in [2.05, 4.69) is 15.9 Å². The number of aliphatic carboxylic acids is 1. The largest absolute Gasteiger partial charge is 0.480 e. The van der Waals surface area contributed by atoms with Gasteiger partial charge in [-0.2, -0.15) is 0 Å². The van der Waals surface area contributed by atoms with E-state index in [0.717, 1.165) is 4.47 Å². The zero-order valence-electron chi connectivity index (χ0n) is 10.7. The van der Waals surface area contributed by atoms with Gasteiger partial charge in [0.2, 0.25) is 0 Å². The van der Waals surface area contributed by atoms with Gasteiger partial charge in [0, 0.05) is 23.0 Å². The molecule has 2 rings (SSSR count). The SMILES string of the molecule is CCn1cc(Br)cc1C(=O)N1C(C)SCC1C(=O)O. The van der Waals surface area contributed by atoms with E-state index >= 15 is 0 Å². The highest BCUT2D eigenvalue weighted by molar-refractivity contribution is 9.10. The summed E-state index contributed by atoms with van der Waals surface area (Å²) in [5, 5.41) is 9.09. The van der Waals surface area contributed by atoms with Crippen LogP contribution in [0.5, 0.6) is 0 Å². The lowest BCUT2D eigenvalue weighted by Gasteiger charge is -2.25. The van der Waals surface area contributed by atoms with Crippen molar-refractivity contribution >= 4 is 39.6 Å². The van der Waals surface area contributed by atoms with Crippen molar-refractivity contribution in [2.24, 2.45) is 0 Å². The number of halogens is 1. The lowest BCUT2D eigenvalue weighted by atomic mass is 10.2. The highest BCUT2D eigenvalue weighted by Gasteiger charge is 2.40. The molecule has 1 N–H and O–H groups in total. The summed E-state index contributed by atoms with van der Waals surface area (Å²) in [4.78, 5) is 25.3. The molecule has 104 valence electrons. The van der Waals surface area contributed by atoms with Crippen LogP contribution in [0.25, 0.3) is 0 Å². The number of aromatic nitrogens is 1. The van der Waals surface area contributed by atoms with Crippen LogP contribution in [0.3, 0.4) is 0 Å². The first kappa shape index (κ1) is 14.5. The molecule has 0 bridgehead atoms. The second-order valence-electron chi connectivity index (χ2n) is 4.33. The van der Waals surface area contributed by atoms with Gasteiger partial charge in [-0.1, -0.05) is 0 Å². The fourth-order valence-electron chi connectivity index (χ4n) is 2.19. The van der Waals surface area contributed by atoms with Crippen LogP contribution in [0.2, 0.25) is 0 Å². The molecule has 5 nitrogen and oxygen atoms in total. The maximum absolute atomic E-state index is 12.6. The number of carboxylic acids is 1. The van der Waals surface area contributed by atoms with Crippen LogP contribution in [-0.2, 0) is 11.3 Å². The zero-order chi connectivity index (χ0) is 14.2. The van der Waals surface area contributed by atoms with Crippen LogP contribution >= 0.6 is 27.7 Å². The topological polar surface area (TPSA) is 62.5 Å². The Bertz CT molecular complexity index is 517. The molecule has 0 aliphatic carbocycles. The first-order valence-electron chi connectivity index (χ1n) is 5.98. The highest BCUT2D eigenvalue weighted by Crippen LogP contribution is 2.31. The number of carbonyl (C=O) groups excluding carboxylic acids is 1.